The van der Waals surface area contributed by atoms with Gasteiger partial charge in [-0.25, -0.2) is 43.4 Å². The van der Waals surface area contributed by atoms with Crippen LogP contribution in [0.15, 0.2) is 86.0 Å². The summed E-state index contributed by atoms with van der Waals surface area (Å²) in [7, 11) is -13.1. The first-order chi connectivity index (χ1) is 33.9. The average Bonchev–Trinajstić information content (AvgIpc) is 4.12. The predicted octanol–water partition coefficient (Wildman–Crippen LogP) is 6.65. The Bertz CT molecular complexity index is 3070. The van der Waals surface area contributed by atoms with Crippen LogP contribution in [0.4, 0.5) is 16.0 Å². The van der Waals surface area contributed by atoms with Crippen LogP contribution >= 0.6 is 15.6 Å². The molecule has 2 aromatic carbocycles. The molecule has 3 N–H and O–H groups in total. The molecular weight excluding hydrogens is 988 g/mol. The van der Waals surface area contributed by atoms with Crippen LogP contribution in [0.2, 0.25) is 18.1 Å². The van der Waals surface area contributed by atoms with E-state index in [1.54, 1.807) is 60.7 Å². The van der Waals surface area contributed by atoms with Gasteiger partial charge in [0.15, 0.2) is 60.9 Å². The number of nitriles is 1. The summed E-state index contributed by atoms with van der Waals surface area (Å²) >= 11 is 0. The first-order valence-corrected chi connectivity index (χ1v) is 28.0. The smallest absolute Gasteiger partial charge is 0.408 e. The highest BCUT2D eigenvalue weighted by molar-refractivity contribution is 7.48. The van der Waals surface area contributed by atoms with E-state index in [2.05, 4.69) is 40.5 Å². The largest absolute Gasteiger partial charge is 0.475 e. The third kappa shape index (κ3) is 10.5. The second kappa shape index (κ2) is 20.0. The number of phosphoric acid groups is 2. The van der Waals surface area contributed by atoms with Crippen molar-refractivity contribution in [2.24, 2.45) is 0 Å². The minimum atomic E-state index is -5.28. The summed E-state index contributed by atoms with van der Waals surface area (Å²) in [5.41, 5.74) is 0.963. The third-order valence-electron chi connectivity index (χ3n) is 12.4. The van der Waals surface area contributed by atoms with E-state index in [4.69, 9.17) is 36.5 Å². The van der Waals surface area contributed by atoms with Gasteiger partial charge in [-0.3, -0.25) is 41.3 Å². The number of amides is 2. The number of phosphoric ester groups is 2. The minimum Gasteiger partial charge on any atom is -0.408 e. The summed E-state index contributed by atoms with van der Waals surface area (Å²) in [6.45, 7) is 7.72. The number of hydrogen-bond acceptors (Lipinski definition) is 19. The molecule has 3 aliphatic rings. The zero-order valence-corrected chi connectivity index (χ0v) is 41.5. The molecule has 4 aromatic heterocycles. The Morgan fingerprint density at radius 2 is 1.34 bits per heavy atom. The highest BCUT2D eigenvalue weighted by Crippen LogP contribution is 2.57. The van der Waals surface area contributed by atoms with Crippen molar-refractivity contribution >= 4 is 69.7 Å². The second-order valence-electron chi connectivity index (χ2n) is 18.0. The van der Waals surface area contributed by atoms with E-state index in [0.29, 0.717) is 11.1 Å². The molecule has 0 spiro atoms. The van der Waals surface area contributed by atoms with Crippen molar-refractivity contribution < 1.29 is 64.5 Å². The number of nitrogens with one attached hydrogen (secondary N) is 2. The number of benzene rings is 2. The standard InChI is InChI=1S/C43H48FN11O13P2Si/c1-43(2,3)71(4,5)68-33-28-19-62-69(58,59)66-32-27(64-41(29(32)44)54-23-50-30-35(46-21-48-37(30)54)52-39(56)25-13-8-6-9-14-25)20-63-70(60,61-18-12-17-45)67-34(33)42(65-28)55-24-51-31-36(47-22-49-38(31)55)53-40(57)26-15-10-7-11-16-26/h6-11,13-16,21-24,27-29,32-34,41-42H,12,18-20H2,1-5H3,(H,58,59)(H,46,48,52,56)(H,47,49,53,57)/t27-,28-,29?,32+,33+,34?,41-,42-,70?/m1/s1. The molecule has 10 atom stereocenters. The van der Waals surface area contributed by atoms with Crippen molar-refractivity contribution in [3.8, 4) is 6.07 Å². The number of ether oxygens (including phenoxy) is 2. The number of hydrogen-bond donors (Lipinski definition) is 3. The van der Waals surface area contributed by atoms with E-state index in [1.807, 2.05) is 39.9 Å². The van der Waals surface area contributed by atoms with Crippen LogP contribution in [0.3, 0.4) is 0 Å². The Morgan fingerprint density at radius 3 is 1.89 bits per heavy atom. The van der Waals surface area contributed by atoms with Crippen molar-refractivity contribution in [3.63, 3.8) is 0 Å². The normalized spacial score (nSPS) is 28.3. The quantitative estimate of drug-likeness (QED) is 0.0695. The Morgan fingerprint density at radius 1 is 0.803 bits per heavy atom. The summed E-state index contributed by atoms with van der Waals surface area (Å²) in [6, 6.07) is 18.6. The van der Waals surface area contributed by atoms with Crippen LogP contribution in [0.5, 0.6) is 0 Å². The van der Waals surface area contributed by atoms with Gasteiger partial charge >= 0.3 is 15.6 Å². The van der Waals surface area contributed by atoms with E-state index in [1.165, 1.54) is 28.1 Å². The molecule has 71 heavy (non-hydrogen) atoms. The fourth-order valence-corrected chi connectivity index (χ4v) is 11.4. The van der Waals surface area contributed by atoms with E-state index >= 15 is 8.96 Å². The van der Waals surface area contributed by atoms with Crippen LogP contribution in [-0.4, -0.2) is 121 Å². The molecule has 6 aromatic rings. The molecular formula is C43H48FN11O13P2Si. The van der Waals surface area contributed by atoms with Crippen LogP contribution in [-0.2, 0) is 45.6 Å². The molecule has 0 aliphatic carbocycles. The zero-order valence-electron chi connectivity index (χ0n) is 38.7. The van der Waals surface area contributed by atoms with Crippen LogP contribution < -0.4 is 10.6 Å². The Labute approximate surface area is 405 Å². The van der Waals surface area contributed by atoms with Gasteiger partial charge in [0.1, 0.15) is 43.2 Å². The maximum atomic E-state index is 17.0. The lowest BCUT2D eigenvalue weighted by Gasteiger charge is -2.40. The Hall–Kier alpha value is -5.78. The monoisotopic (exact) mass is 1040 g/mol. The Balaban J connectivity index is 1.06. The molecule has 3 saturated heterocycles. The fraction of sp³-hybridized carbons (Fsp3) is 0.419. The number of fused-ring (bicyclic) bond motifs is 5. The van der Waals surface area contributed by atoms with Gasteiger partial charge in [-0.15, -0.1) is 0 Å². The number of carbonyl (C=O) groups is 2. The lowest BCUT2D eigenvalue weighted by Crippen LogP contribution is -2.50. The van der Waals surface area contributed by atoms with Crippen molar-refractivity contribution in [2.75, 3.05) is 30.5 Å². The molecule has 2 bridgehead atoms. The van der Waals surface area contributed by atoms with E-state index in [-0.39, 0.29) is 40.4 Å². The number of nitrogens with zero attached hydrogens (tertiary/aromatic N) is 9. The number of anilines is 2. The van der Waals surface area contributed by atoms with Gasteiger partial charge in [0.25, 0.3) is 11.8 Å². The van der Waals surface area contributed by atoms with Gasteiger partial charge < -0.3 is 29.4 Å². The average molecular weight is 1040 g/mol. The molecule has 3 fully saturated rings. The highest BCUT2D eigenvalue weighted by atomic mass is 31.2. The number of halogens is 1. The summed E-state index contributed by atoms with van der Waals surface area (Å²) < 4.78 is 97.6. The molecule has 0 saturated carbocycles. The van der Waals surface area contributed by atoms with Gasteiger partial charge in [0, 0.05) is 11.1 Å². The summed E-state index contributed by atoms with van der Waals surface area (Å²) in [6.07, 6.45) is -8.45. The Kier molecular flexibility index (Phi) is 14.1. The molecule has 3 aliphatic heterocycles. The zero-order chi connectivity index (χ0) is 50.3. The molecule has 374 valence electrons. The molecule has 9 rings (SSSR count). The maximum Gasteiger partial charge on any atom is 0.475 e. The van der Waals surface area contributed by atoms with Crippen LogP contribution in [0.25, 0.3) is 22.3 Å². The van der Waals surface area contributed by atoms with Crippen LogP contribution in [0.1, 0.15) is 60.4 Å². The second-order valence-corrected chi connectivity index (χ2v) is 25.8. The lowest BCUT2D eigenvalue weighted by atomic mass is 10.1. The first kappa shape index (κ1) is 50.2. The molecule has 4 unspecified atom stereocenters. The molecule has 0 radical (unpaired) electrons. The van der Waals surface area contributed by atoms with E-state index in [0.717, 1.165) is 6.33 Å². The van der Waals surface area contributed by atoms with Crippen LogP contribution in [0, 0.1) is 11.3 Å². The van der Waals surface area contributed by atoms with Gasteiger partial charge in [-0.1, -0.05) is 57.2 Å². The van der Waals surface area contributed by atoms with E-state index < -0.39 is 110 Å². The SMILES string of the molecule is CC(C)(C)[Si](C)(C)O[C@@H]1C2OP(=O)(OCCC#N)OC[C@H]3O[C@@H](n4cnc5c(NC(=O)c6ccccc6)ncnc54)C(F)[C@H]3OP(=O)(O)OC[C@H]1O[C@H]2n1cnc2c(NC(=O)c3ccccc3)ncnc21. The number of aromatic nitrogens is 8. The van der Waals surface area contributed by atoms with Gasteiger partial charge in [0.2, 0.25) is 0 Å². The third-order valence-corrected chi connectivity index (χ3v) is 19.3. The number of rotatable bonds is 11. The minimum absolute atomic E-state index is 0.00135. The van der Waals surface area contributed by atoms with Gasteiger partial charge in [-0.2, -0.15) is 5.26 Å². The van der Waals surface area contributed by atoms with Gasteiger partial charge in [-0.05, 0) is 42.4 Å². The molecule has 24 nitrogen and oxygen atoms in total. The topological polar surface area (TPSA) is 297 Å². The number of alkyl halides is 1. The fourth-order valence-electron chi connectivity index (χ4n) is 7.78. The molecule has 7 heterocycles. The van der Waals surface area contributed by atoms with Gasteiger partial charge in [0.05, 0.1) is 45.0 Å². The van der Waals surface area contributed by atoms with Crippen molar-refractivity contribution in [1.29, 1.82) is 5.26 Å². The summed E-state index contributed by atoms with van der Waals surface area (Å²) in [5.74, 6) is -0.941. The highest BCUT2D eigenvalue weighted by Gasteiger charge is 2.57. The van der Waals surface area contributed by atoms with E-state index in [9.17, 15) is 24.3 Å². The van der Waals surface area contributed by atoms with Crippen molar-refractivity contribution in [3.05, 3.63) is 97.1 Å². The predicted molar refractivity (Wildman–Crippen MR) is 249 cm³/mol. The number of imidazole rings is 2. The molecule has 28 heteroatoms. The van der Waals surface area contributed by atoms with Crippen molar-refractivity contribution in [1.82, 2.24) is 39.0 Å². The molecule has 2 amide bonds. The summed E-state index contributed by atoms with van der Waals surface area (Å²) in [5, 5.41) is 14.4. The number of carbonyl (C=O) groups excluding carboxylic acids is 2. The first-order valence-electron chi connectivity index (χ1n) is 22.2. The lowest BCUT2D eigenvalue weighted by molar-refractivity contribution is -0.0691. The summed E-state index contributed by atoms with van der Waals surface area (Å²) in [4.78, 5) is 63.5. The van der Waals surface area contributed by atoms with Crippen molar-refractivity contribution in [2.45, 2.75) is 94.5 Å². The maximum absolute atomic E-state index is 17.0.